The van der Waals surface area contributed by atoms with Crippen molar-refractivity contribution in [2.75, 3.05) is 19.0 Å². The summed E-state index contributed by atoms with van der Waals surface area (Å²) >= 11 is 8.70. The summed E-state index contributed by atoms with van der Waals surface area (Å²) < 4.78 is 5.62. The van der Waals surface area contributed by atoms with Crippen LogP contribution in [0.3, 0.4) is 0 Å². The molecular weight excluding hydrogens is 454 g/mol. The Hall–Kier alpha value is -2.45. The molecule has 8 heteroatoms. The molecule has 1 amide bonds. The first-order chi connectivity index (χ1) is 13.9. The highest BCUT2D eigenvalue weighted by molar-refractivity contribution is 9.10. The maximum absolute atomic E-state index is 12.3. The summed E-state index contributed by atoms with van der Waals surface area (Å²) in [7, 11) is 1.37. The van der Waals surface area contributed by atoms with Crippen molar-refractivity contribution >= 4 is 50.8 Å². The smallest absolute Gasteiger partial charge is 0.305 e. The number of thiocarbonyl (C=S) groups is 1. The first kappa shape index (κ1) is 22.8. The molecule has 0 aliphatic carbocycles. The van der Waals surface area contributed by atoms with Crippen molar-refractivity contribution in [3.63, 3.8) is 0 Å². The number of methoxy groups -OCH3 is 1. The Kier molecular flexibility index (Phi) is 9.08. The number of carbonyl (C=O) groups is 2. The van der Waals surface area contributed by atoms with Crippen molar-refractivity contribution in [1.29, 1.82) is 0 Å². The lowest BCUT2D eigenvalue weighted by Crippen LogP contribution is -2.43. The Labute approximate surface area is 184 Å². The van der Waals surface area contributed by atoms with Gasteiger partial charge in [-0.15, -0.1) is 0 Å². The van der Waals surface area contributed by atoms with Crippen molar-refractivity contribution in [2.24, 2.45) is 0 Å². The van der Waals surface area contributed by atoms with Gasteiger partial charge in [-0.2, -0.15) is 0 Å². The number of benzene rings is 2. The van der Waals surface area contributed by atoms with E-state index in [9.17, 15) is 9.59 Å². The van der Waals surface area contributed by atoms with Crippen LogP contribution in [0, 0.1) is 0 Å². The van der Waals surface area contributed by atoms with E-state index < -0.39 is 0 Å². The maximum Gasteiger partial charge on any atom is 0.305 e. The van der Waals surface area contributed by atoms with Gasteiger partial charge in [-0.1, -0.05) is 28.1 Å². The molecule has 0 aliphatic heterocycles. The molecule has 2 aromatic rings. The van der Waals surface area contributed by atoms with Crippen LogP contribution in [0.1, 0.15) is 29.3 Å². The fourth-order valence-corrected chi connectivity index (χ4v) is 3.08. The van der Waals surface area contributed by atoms with E-state index >= 15 is 0 Å². The summed E-state index contributed by atoms with van der Waals surface area (Å²) in [6.07, 6.45) is 0.901. The van der Waals surface area contributed by atoms with Gasteiger partial charge in [0.25, 0.3) is 5.91 Å². The van der Waals surface area contributed by atoms with Crippen molar-refractivity contribution in [2.45, 2.75) is 25.8 Å². The SMILES string of the molecule is COC(=O)CCc1ccc(C(=O)NC[C@@H](C)NC(=S)Nc2ccc(Br)cc2)cc1. The van der Waals surface area contributed by atoms with Crippen molar-refractivity contribution in [1.82, 2.24) is 10.6 Å². The average molecular weight is 478 g/mol. The number of hydrogen-bond acceptors (Lipinski definition) is 4. The Morgan fingerprint density at radius 2 is 1.76 bits per heavy atom. The van der Waals surface area contributed by atoms with Crippen LogP contribution >= 0.6 is 28.1 Å². The minimum atomic E-state index is -0.249. The highest BCUT2D eigenvalue weighted by Gasteiger charge is 2.10. The second-order valence-electron chi connectivity index (χ2n) is 6.49. The number of rotatable bonds is 8. The number of hydrogen-bond donors (Lipinski definition) is 3. The van der Waals surface area contributed by atoms with E-state index in [4.69, 9.17) is 12.2 Å². The quantitative estimate of drug-likeness (QED) is 0.397. The maximum atomic E-state index is 12.3. The lowest BCUT2D eigenvalue weighted by atomic mass is 10.1. The molecule has 0 heterocycles. The van der Waals surface area contributed by atoms with Gasteiger partial charge < -0.3 is 20.7 Å². The van der Waals surface area contributed by atoms with E-state index in [1.165, 1.54) is 7.11 Å². The van der Waals surface area contributed by atoms with Crippen molar-refractivity contribution in [3.8, 4) is 0 Å². The van der Waals surface area contributed by atoms with Gasteiger partial charge in [0.2, 0.25) is 0 Å². The molecule has 0 aliphatic rings. The molecule has 0 saturated heterocycles. The van der Waals surface area contributed by atoms with Gasteiger partial charge in [0.15, 0.2) is 5.11 Å². The van der Waals surface area contributed by atoms with Crippen LogP contribution in [0.4, 0.5) is 5.69 Å². The van der Waals surface area contributed by atoms with E-state index in [1.807, 2.05) is 43.3 Å². The number of halogens is 1. The topological polar surface area (TPSA) is 79.5 Å². The molecule has 0 saturated carbocycles. The molecule has 1 atom stereocenters. The van der Waals surface area contributed by atoms with Crippen LogP contribution in [-0.2, 0) is 16.0 Å². The first-order valence-corrected chi connectivity index (χ1v) is 10.3. The average Bonchev–Trinajstić information content (AvgIpc) is 2.72. The lowest BCUT2D eigenvalue weighted by molar-refractivity contribution is -0.140. The van der Waals surface area contributed by atoms with Gasteiger partial charge in [-0.05, 0) is 67.5 Å². The van der Waals surface area contributed by atoms with Crippen LogP contribution in [0.25, 0.3) is 0 Å². The largest absolute Gasteiger partial charge is 0.469 e. The predicted octanol–water partition coefficient (Wildman–Crippen LogP) is 3.66. The van der Waals surface area contributed by atoms with Gasteiger partial charge >= 0.3 is 5.97 Å². The zero-order valence-corrected chi connectivity index (χ0v) is 18.7. The molecular formula is C21H24BrN3O3S. The zero-order valence-electron chi connectivity index (χ0n) is 16.3. The molecule has 29 heavy (non-hydrogen) atoms. The van der Waals surface area contributed by atoms with Crippen LogP contribution in [0.15, 0.2) is 53.0 Å². The molecule has 2 aromatic carbocycles. The van der Waals surface area contributed by atoms with Gasteiger partial charge in [-0.3, -0.25) is 9.59 Å². The van der Waals surface area contributed by atoms with Crippen LogP contribution in [0.2, 0.25) is 0 Å². The molecule has 0 unspecified atom stereocenters. The number of ether oxygens (including phenoxy) is 1. The second kappa shape index (κ2) is 11.5. The molecule has 154 valence electrons. The van der Waals surface area contributed by atoms with Crippen molar-refractivity contribution in [3.05, 3.63) is 64.1 Å². The summed E-state index contributed by atoms with van der Waals surface area (Å²) in [4.78, 5) is 23.5. The molecule has 0 radical (unpaired) electrons. The molecule has 0 aromatic heterocycles. The standard InChI is InChI=1S/C21H24BrN3O3S/c1-14(24-21(29)25-18-10-8-17(22)9-11-18)13-23-20(27)16-6-3-15(4-7-16)5-12-19(26)28-2/h3-4,6-11,14H,5,12-13H2,1-2H3,(H,23,27)(H2,24,25,29)/t14-/m1/s1. The van der Waals surface area contributed by atoms with E-state index in [2.05, 4.69) is 36.6 Å². The fourth-order valence-electron chi connectivity index (χ4n) is 2.49. The fraction of sp³-hybridized carbons (Fsp3) is 0.286. The highest BCUT2D eigenvalue weighted by atomic mass is 79.9. The molecule has 0 spiro atoms. The third-order valence-corrected chi connectivity index (χ3v) is 4.86. The van der Waals surface area contributed by atoms with E-state index in [0.717, 1.165) is 15.7 Å². The normalized spacial score (nSPS) is 11.3. The van der Waals surface area contributed by atoms with Crippen molar-refractivity contribution < 1.29 is 14.3 Å². The molecule has 6 nitrogen and oxygen atoms in total. The van der Waals surface area contributed by atoms with Gasteiger partial charge in [0.1, 0.15) is 0 Å². The van der Waals surface area contributed by atoms with Gasteiger partial charge in [-0.25, -0.2) is 0 Å². The van der Waals surface area contributed by atoms with E-state index in [0.29, 0.717) is 30.1 Å². The summed E-state index contributed by atoms with van der Waals surface area (Å²) in [6, 6.07) is 14.8. The Balaban J connectivity index is 1.75. The Morgan fingerprint density at radius 1 is 1.10 bits per heavy atom. The van der Waals surface area contributed by atoms with Crippen LogP contribution < -0.4 is 16.0 Å². The minimum absolute atomic E-state index is 0.0475. The second-order valence-corrected chi connectivity index (χ2v) is 7.81. The predicted molar refractivity (Wildman–Crippen MR) is 122 cm³/mol. The van der Waals surface area contributed by atoms with Crippen LogP contribution in [0.5, 0.6) is 0 Å². The lowest BCUT2D eigenvalue weighted by Gasteiger charge is -2.17. The van der Waals surface area contributed by atoms with E-state index in [-0.39, 0.29) is 17.9 Å². The summed E-state index contributed by atoms with van der Waals surface area (Å²) in [5, 5.41) is 9.62. The Morgan fingerprint density at radius 3 is 2.38 bits per heavy atom. The number of nitrogens with one attached hydrogen (secondary N) is 3. The molecule has 2 rings (SSSR count). The van der Waals surface area contributed by atoms with Gasteiger partial charge in [0, 0.05) is 34.7 Å². The van der Waals surface area contributed by atoms with Gasteiger partial charge in [0.05, 0.1) is 7.11 Å². The number of anilines is 1. The monoisotopic (exact) mass is 477 g/mol. The third kappa shape index (κ3) is 8.21. The third-order valence-electron chi connectivity index (χ3n) is 4.11. The summed E-state index contributed by atoms with van der Waals surface area (Å²) in [5.74, 6) is -0.411. The molecule has 3 N–H and O–H groups in total. The number of esters is 1. The molecule has 0 bridgehead atoms. The first-order valence-electron chi connectivity index (χ1n) is 9.14. The number of amides is 1. The highest BCUT2D eigenvalue weighted by Crippen LogP contribution is 2.14. The summed E-state index contributed by atoms with van der Waals surface area (Å²) in [6.45, 7) is 2.36. The minimum Gasteiger partial charge on any atom is -0.469 e. The zero-order chi connectivity index (χ0) is 21.2. The molecule has 0 fully saturated rings. The number of carbonyl (C=O) groups excluding carboxylic acids is 2. The number of aryl methyl sites for hydroxylation is 1. The van der Waals surface area contributed by atoms with Crippen LogP contribution in [-0.4, -0.2) is 36.7 Å². The van der Waals surface area contributed by atoms with E-state index in [1.54, 1.807) is 12.1 Å². The Bertz CT molecular complexity index is 841. The summed E-state index contributed by atoms with van der Waals surface area (Å²) in [5.41, 5.74) is 2.43.